The van der Waals surface area contributed by atoms with Gasteiger partial charge in [-0.3, -0.25) is 4.90 Å². The van der Waals surface area contributed by atoms with Crippen molar-refractivity contribution < 1.29 is 14.6 Å². The Morgan fingerprint density at radius 2 is 1.95 bits per heavy atom. The first-order valence-electron chi connectivity index (χ1n) is 6.63. The van der Waals surface area contributed by atoms with Gasteiger partial charge in [0.2, 0.25) is 0 Å². The molecule has 1 aromatic rings. The molecule has 0 aliphatic carbocycles. The fourth-order valence-corrected chi connectivity index (χ4v) is 2.87. The number of amides is 1. The van der Waals surface area contributed by atoms with Gasteiger partial charge in [-0.15, -0.1) is 0 Å². The maximum atomic E-state index is 12.0. The molecule has 1 aromatic carbocycles. The number of phenols is 1. The molecule has 2 N–H and O–H groups in total. The number of hydrogen-bond acceptors (Lipinski definition) is 4. The van der Waals surface area contributed by atoms with Crippen molar-refractivity contribution in [3.8, 4) is 5.75 Å². The van der Waals surface area contributed by atoms with Gasteiger partial charge in [-0.2, -0.15) is 0 Å². The Balaban J connectivity index is 1.80. The number of nitrogens with one attached hydrogen (secondary N) is 1. The minimum atomic E-state index is -0.227. The third-order valence-electron chi connectivity index (χ3n) is 4.07. The molecule has 3 rings (SSSR count). The summed E-state index contributed by atoms with van der Waals surface area (Å²) < 4.78 is 5.26. The monoisotopic (exact) mass is 262 g/mol. The molecule has 0 aromatic heterocycles. The second-order valence-electron chi connectivity index (χ2n) is 5.28. The van der Waals surface area contributed by atoms with Crippen molar-refractivity contribution in [2.45, 2.75) is 24.9 Å². The average Bonchev–Trinajstić information content (AvgIpc) is 2.72. The number of aromatic hydroxyl groups is 1. The van der Waals surface area contributed by atoms with E-state index < -0.39 is 0 Å². The van der Waals surface area contributed by atoms with Crippen molar-refractivity contribution in [2.75, 3.05) is 19.7 Å². The Kier molecular flexibility index (Phi) is 3.06. The summed E-state index contributed by atoms with van der Waals surface area (Å²) in [6.45, 7) is 2.87. The number of carbonyl (C=O) groups is 1. The molecule has 0 bridgehead atoms. The molecule has 0 radical (unpaired) electrons. The number of hydrogen-bond donors (Lipinski definition) is 2. The summed E-state index contributed by atoms with van der Waals surface area (Å²) in [7, 11) is 0. The summed E-state index contributed by atoms with van der Waals surface area (Å²) in [5, 5.41) is 12.6. The smallest absolute Gasteiger partial charge is 0.410 e. The number of phenolic OH excluding ortho intramolecular Hbond substituents is 1. The van der Waals surface area contributed by atoms with E-state index in [0.29, 0.717) is 13.2 Å². The van der Waals surface area contributed by atoms with Crippen LogP contribution in [0.5, 0.6) is 5.75 Å². The molecule has 1 spiro atoms. The molecule has 2 heterocycles. The highest BCUT2D eigenvalue weighted by Gasteiger charge is 2.47. The Morgan fingerprint density at radius 1 is 1.26 bits per heavy atom. The topological polar surface area (TPSA) is 61.8 Å². The van der Waals surface area contributed by atoms with Crippen molar-refractivity contribution in [3.63, 3.8) is 0 Å². The van der Waals surface area contributed by atoms with Gasteiger partial charge in [-0.1, -0.05) is 12.1 Å². The predicted molar refractivity (Wildman–Crippen MR) is 69.8 cm³/mol. The Morgan fingerprint density at radius 3 is 2.63 bits per heavy atom. The number of carbonyl (C=O) groups excluding carboxylic acids is 1. The molecule has 0 atom stereocenters. The minimum absolute atomic E-state index is 0.153. The molecule has 1 amide bonds. The molecule has 19 heavy (non-hydrogen) atoms. The fourth-order valence-electron chi connectivity index (χ4n) is 2.87. The van der Waals surface area contributed by atoms with E-state index in [1.165, 1.54) is 0 Å². The van der Waals surface area contributed by atoms with Crippen molar-refractivity contribution in [1.82, 2.24) is 10.2 Å². The third kappa shape index (κ3) is 2.26. The van der Waals surface area contributed by atoms with Crippen molar-refractivity contribution in [2.24, 2.45) is 0 Å². The SMILES string of the molecule is O=C1OCC2(CCNCC2)N1Cc1ccc(O)cc1. The van der Waals surface area contributed by atoms with Crippen LogP contribution < -0.4 is 5.32 Å². The molecule has 2 aliphatic rings. The zero-order valence-corrected chi connectivity index (χ0v) is 10.8. The first kappa shape index (κ1) is 12.3. The second-order valence-corrected chi connectivity index (χ2v) is 5.28. The second kappa shape index (κ2) is 4.74. The van der Waals surface area contributed by atoms with Crippen LogP contribution in [0.2, 0.25) is 0 Å². The maximum absolute atomic E-state index is 12.0. The van der Waals surface area contributed by atoms with Gasteiger partial charge >= 0.3 is 6.09 Å². The average molecular weight is 262 g/mol. The molecule has 102 valence electrons. The standard InChI is InChI=1S/C14H18N2O3/c17-12-3-1-11(2-4-12)9-16-13(18)19-10-14(16)5-7-15-8-6-14/h1-4,15,17H,5-10H2. The Bertz CT molecular complexity index is 466. The summed E-state index contributed by atoms with van der Waals surface area (Å²) in [6, 6.07) is 6.98. The van der Waals surface area contributed by atoms with E-state index in [4.69, 9.17) is 4.74 Å². The first-order valence-corrected chi connectivity index (χ1v) is 6.63. The highest BCUT2D eigenvalue weighted by Crippen LogP contribution is 2.34. The number of ether oxygens (including phenoxy) is 1. The van der Waals surface area contributed by atoms with Crippen molar-refractivity contribution in [3.05, 3.63) is 29.8 Å². The maximum Gasteiger partial charge on any atom is 0.410 e. The molecule has 2 fully saturated rings. The van der Waals surface area contributed by atoms with Gasteiger partial charge in [0, 0.05) is 6.54 Å². The van der Waals surface area contributed by atoms with E-state index in [2.05, 4.69) is 5.32 Å². The van der Waals surface area contributed by atoms with Gasteiger partial charge in [0.15, 0.2) is 0 Å². The van der Waals surface area contributed by atoms with Crippen LogP contribution in [0.1, 0.15) is 18.4 Å². The largest absolute Gasteiger partial charge is 0.508 e. The lowest BCUT2D eigenvalue weighted by molar-refractivity contribution is 0.119. The van der Waals surface area contributed by atoms with E-state index in [9.17, 15) is 9.90 Å². The molecular formula is C14H18N2O3. The minimum Gasteiger partial charge on any atom is -0.508 e. The van der Waals surface area contributed by atoms with Gasteiger partial charge in [0.25, 0.3) is 0 Å². The lowest BCUT2D eigenvalue weighted by Crippen LogP contribution is -2.53. The Hall–Kier alpha value is -1.75. The van der Waals surface area contributed by atoms with Crippen LogP contribution in [-0.2, 0) is 11.3 Å². The van der Waals surface area contributed by atoms with Gasteiger partial charge in [0.1, 0.15) is 12.4 Å². The summed E-state index contributed by atoms with van der Waals surface area (Å²) in [5.74, 6) is 0.240. The van der Waals surface area contributed by atoms with Crippen molar-refractivity contribution in [1.29, 1.82) is 0 Å². The third-order valence-corrected chi connectivity index (χ3v) is 4.07. The van der Waals surface area contributed by atoms with Crippen LogP contribution in [0.25, 0.3) is 0 Å². The summed E-state index contributed by atoms with van der Waals surface area (Å²) in [4.78, 5) is 13.8. The van der Waals surface area contributed by atoms with E-state index >= 15 is 0 Å². The van der Waals surface area contributed by atoms with Crippen LogP contribution in [-0.4, -0.2) is 41.3 Å². The van der Waals surface area contributed by atoms with Gasteiger partial charge in [-0.25, -0.2) is 4.79 Å². The fraction of sp³-hybridized carbons (Fsp3) is 0.500. The number of benzene rings is 1. The van der Waals surface area contributed by atoms with Gasteiger partial charge < -0.3 is 15.2 Å². The molecule has 5 heteroatoms. The van der Waals surface area contributed by atoms with E-state index in [0.717, 1.165) is 31.5 Å². The zero-order chi connectivity index (χ0) is 13.3. The van der Waals surface area contributed by atoms with Gasteiger partial charge in [-0.05, 0) is 43.6 Å². The first-order chi connectivity index (χ1) is 9.20. The summed E-state index contributed by atoms with van der Waals surface area (Å²) >= 11 is 0. The molecular weight excluding hydrogens is 244 g/mol. The van der Waals surface area contributed by atoms with E-state index in [1.807, 2.05) is 17.0 Å². The highest BCUT2D eigenvalue weighted by molar-refractivity contribution is 5.71. The molecule has 0 saturated carbocycles. The molecule has 2 aliphatic heterocycles. The number of rotatable bonds is 2. The number of piperidine rings is 1. The van der Waals surface area contributed by atoms with E-state index in [-0.39, 0.29) is 17.4 Å². The number of cyclic esters (lactones) is 1. The van der Waals surface area contributed by atoms with Crippen LogP contribution in [0.3, 0.4) is 0 Å². The normalized spacial score (nSPS) is 21.7. The number of nitrogens with zero attached hydrogens (tertiary/aromatic N) is 1. The van der Waals surface area contributed by atoms with E-state index in [1.54, 1.807) is 12.1 Å². The Labute approximate surface area is 112 Å². The van der Waals surface area contributed by atoms with Crippen molar-refractivity contribution >= 4 is 6.09 Å². The zero-order valence-electron chi connectivity index (χ0n) is 10.8. The quantitative estimate of drug-likeness (QED) is 0.847. The van der Waals surface area contributed by atoms with Crippen LogP contribution in [0.4, 0.5) is 4.79 Å². The lowest BCUT2D eigenvalue weighted by atomic mass is 9.88. The van der Waals surface area contributed by atoms with Crippen LogP contribution in [0.15, 0.2) is 24.3 Å². The van der Waals surface area contributed by atoms with Crippen LogP contribution >= 0.6 is 0 Å². The highest BCUT2D eigenvalue weighted by atomic mass is 16.6. The van der Waals surface area contributed by atoms with Crippen LogP contribution in [0, 0.1) is 0 Å². The van der Waals surface area contributed by atoms with Gasteiger partial charge in [0.05, 0.1) is 5.54 Å². The molecule has 2 saturated heterocycles. The molecule has 5 nitrogen and oxygen atoms in total. The summed E-state index contributed by atoms with van der Waals surface area (Å²) in [5.41, 5.74) is 0.856. The molecule has 0 unspecified atom stereocenters. The summed E-state index contributed by atoms with van der Waals surface area (Å²) in [6.07, 6.45) is 1.63. The predicted octanol–water partition coefficient (Wildman–Crippen LogP) is 1.47. The lowest BCUT2D eigenvalue weighted by Gasteiger charge is -2.38.